The number of amides is 3. The van der Waals surface area contributed by atoms with Gasteiger partial charge in [0.1, 0.15) is 18.1 Å². The van der Waals surface area contributed by atoms with Crippen LogP contribution in [-0.4, -0.2) is 34.8 Å². The van der Waals surface area contributed by atoms with Gasteiger partial charge in [0.2, 0.25) is 5.91 Å². The third-order valence-corrected chi connectivity index (χ3v) is 5.50. The van der Waals surface area contributed by atoms with Crippen molar-refractivity contribution in [2.45, 2.75) is 26.4 Å². The number of nitrogens with zero attached hydrogens (tertiary/aromatic N) is 2. The van der Waals surface area contributed by atoms with Crippen molar-refractivity contribution in [1.29, 1.82) is 0 Å². The Hall–Kier alpha value is -3.03. The van der Waals surface area contributed by atoms with Gasteiger partial charge in [0.05, 0.1) is 28.5 Å². The van der Waals surface area contributed by atoms with Crippen LogP contribution in [0.5, 0.6) is 0 Å². The molecule has 0 atom stereocenters. The molecule has 174 valence electrons. The van der Waals surface area contributed by atoms with Gasteiger partial charge in [-0.1, -0.05) is 48.3 Å². The average molecular weight is 492 g/mol. The molecule has 1 heterocycles. The van der Waals surface area contributed by atoms with Crippen LogP contribution in [0, 0.1) is 5.82 Å². The highest BCUT2D eigenvalue weighted by molar-refractivity contribution is 6.39. The number of carbonyl (C=O) groups is 2. The van der Waals surface area contributed by atoms with Crippen molar-refractivity contribution in [2.24, 2.45) is 0 Å². The molecule has 1 N–H and O–H groups in total. The van der Waals surface area contributed by atoms with Gasteiger partial charge in [-0.3, -0.25) is 4.79 Å². The molecule has 3 aromatic rings. The second-order valence-corrected chi connectivity index (χ2v) is 8.22. The van der Waals surface area contributed by atoms with Gasteiger partial charge in [0.15, 0.2) is 0 Å². The second-order valence-electron chi connectivity index (χ2n) is 7.40. The summed E-state index contributed by atoms with van der Waals surface area (Å²) in [6.07, 6.45) is 2.17. The zero-order valence-electron chi connectivity index (χ0n) is 18.1. The molecule has 9 heteroatoms. The first-order valence-corrected chi connectivity index (χ1v) is 11.2. The highest BCUT2D eigenvalue weighted by Crippen LogP contribution is 2.30. The Balaban J connectivity index is 1.76. The Bertz CT molecular complexity index is 1050. The Morgan fingerprint density at radius 2 is 1.67 bits per heavy atom. The van der Waals surface area contributed by atoms with E-state index in [0.29, 0.717) is 28.8 Å². The highest BCUT2D eigenvalue weighted by Gasteiger charge is 2.23. The Morgan fingerprint density at radius 3 is 2.27 bits per heavy atom. The third kappa shape index (κ3) is 6.97. The molecule has 2 aromatic carbocycles. The summed E-state index contributed by atoms with van der Waals surface area (Å²) in [6.45, 7) is 2.54. The summed E-state index contributed by atoms with van der Waals surface area (Å²) >= 11 is 12.3. The molecule has 0 saturated heterocycles. The topological polar surface area (TPSA) is 65.8 Å². The summed E-state index contributed by atoms with van der Waals surface area (Å²) in [5.41, 5.74) is 1.05. The van der Waals surface area contributed by atoms with Crippen LogP contribution < -0.4 is 5.32 Å². The normalized spacial score (nSPS) is 10.7. The maximum absolute atomic E-state index is 13.3. The van der Waals surface area contributed by atoms with Gasteiger partial charge < -0.3 is 19.5 Å². The summed E-state index contributed by atoms with van der Waals surface area (Å²) < 4.78 is 18.7. The van der Waals surface area contributed by atoms with Gasteiger partial charge in [-0.2, -0.15) is 0 Å². The van der Waals surface area contributed by atoms with Crippen molar-refractivity contribution in [1.82, 2.24) is 9.80 Å². The zero-order chi connectivity index (χ0) is 23.8. The molecule has 0 unspecified atom stereocenters. The molecule has 0 bridgehead atoms. The smallest absolute Gasteiger partial charge is 0.322 e. The molecule has 0 fully saturated rings. The van der Waals surface area contributed by atoms with Crippen LogP contribution >= 0.6 is 23.2 Å². The molecular formula is C24H24Cl2FN3O3. The standard InChI is InChI=1S/C24H24Cl2FN3O3/c1-2-12-29(24(32)28-23-20(25)6-3-7-21(23)26)16-22(31)30(15-19-5-4-13-33-19)14-17-8-10-18(27)11-9-17/h3-11,13H,2,12,14-16H2,1H3,(H,28,32). The lowest BCUT2D eigenvalue weighted by Crippen LogP contribution is -2.44. The molecule has 0 aliphatic carbocycles. The summed E-state index contributed by atoms with van der Waals surface area (Å²) in [5, 5.41) is 3.30. The van der Waals surface area contributed by atoms with E-state index in [1.165, 1.54) is 23.3 Å². The van der Waals surface area contributed by atoms with Crippen molar-refractivity contribution < 1.29 is 18.4 Å². The number of rotatable bonds is 9. The number of hydrogen-bond acceptors (Lipinski definition) is 3. The second kappa shape index (κ2) is 11.7. The van der Waals surface area contributed by atoms with E-state index >= 15 is 0 Å². The summed E-state index contributed by atoms with van der Waals surface area (Å²) in [4.78, 5) is 29.2. The van der Waals surface area contributed by atoms with E-state index < -0.39 is 6.03 Å². The number of halogens is 3. The van der Waals surface area contributed by atoms with Crippen LogP contribution in [0.3, 0.4) is 0 Å². The summed E-state index contributed by atoms with van der Waals surface area (Å²) in [5.74, 6) is -0.0453. The van der Waals surface area contributed by atoms with Crippen molar-refractivity contribution in [2.75, 3.05) is 18.4 Å². The Kier molecular flexibility index (Phi) is 8.74. The Labute approximate surface area is 201 Å². The van der Waals surface area contributed by atoms with Crippen LogP contribution in [0.2, 0.25) is 10.0 Å². The largest absolute Gasteiger partial charge is 0.467 e. The molecule has 1 aromatic heterocycles. The SMILES string of the molecule is CCCN(CC(=O)N(Cc1ccc(F)cc1)Cc1ccco1)C(=O)Nc1c(Cl)cccc1Cl. The molecular weight excluding hydrogens is 468 g/mol. The Morgan fingerprint density at radius 1 is 0.970 bits per heavy atom. The van der Waals surface area contributed by atoms with Crippen LogP contribution in [0.1, 0.15) is 24.7 Å². The van der Waals surface area contributed by atoms with E-state index in [0.717, 1.165) is 5.56 Å². The minimum atomic E-state index is -0.486. The first-order chi connectivity index (χ1) is 15.9. The summed E-state index contributed by atoms with van der Waals surface area (Å²) in [6, 6.07) is 13.8. The number of anilines is 1. The van der Waals surface area contributed by atoms with Crippen LogP contribution in [0.15, 0.2) is 65.3 Å². The molecule has 0 saturated carbocycles. The number of furan rings is 1. The van der Waals surface area contributed by atoms with Gasteiger partial charge in [-0.15, -0.1) is 0 Å². The van der Waals surface area contributed by atoms with Crippen molar-refractivity contribution in [3.8, 4) is 0 Å². The minimum absolute atomic E-state index is 0.163. The third-order valence-electron chi connectivity index (χ3n) is 4.87. The fraction of sp³-hybridized carbons (Fsp3) is 0.250. The van der Waals surface area contributed by atoms with E-state index in [4.69, 9.17) is 27.6 Å². The molecule has 0 aliphatic rings. The zero-order valence-corrected chi connectivity index (χ0v) is 19.6. The predicted molar refractivity (Wildman–Crippen MR) is 127 cm³/mol. The number of urea groups is 1. The van der Waals surface area contributed by atoms with Gasteiger partial charge in [-0.25, -0.2) is 9.18 Å². The molecule has 3 amide bonds. The quantitative estimate of drug-likeness (QED) is 0.387. The number of nitrogens with one attached hydrogen (secondary N) is 1. The van der Waals surface area contributed by atoms with Crippen molar-refractivity contribution in [3.63, 3.8) is 0 Å². The number of benzene rings is 2. The van der Waals surface area contributed by atoms with Crippen molar-refractivity contribution >= 4 is 40.8 Å². The highest BCUT2D eigenvalue weighted by atomic mass is 35.5. The molecule has 0 aliphatic heterocycles. The number of para-hydroxylation sites is 1. The summed E-state index contributed by atoms with van der Waals surface area (Å²) in [7, 11) is 0. The molecule has 3 rings (SSSR count). The van der Waals surface area contributed by atoms with E-state index in [1.54, 1.807) is 47.4 Å². The first-order valence-electron chi connectivity index (χ1n) is 10.4. The number of carbonyl (C=O) groups excluding carboxylic acids is 2. The van der Waals surface area contributed by atoms with E-state index in [-0.39, 0.29) is 37.0 Å². The van der Waals surface area contributed by atoms with E-state index in [9.17, 15) is 14.0 Å². The molecule has 0 spiro atoms. The number of hydrogen-bond donors (Lipinski definition) is 1. The van der Waals surface area contributed by atoms with Gasteiger partial charge in [-0.05, 0) is 48.4 Å². The van der Waals surface area contributed by atoms with Gasteiger partial charge in [0, 0.05) is 13.1 Å². The maximum atomic E-state index is 13.3. The minimum Gasteiger partial charge on any atom is -0.467 e. The monoisotopic (exact) mass is 491 g/mol. The average Bonchev–Trinajstić information content (AvgIpc) is 3.30. The van der Waals surface area contributed by atoms with Crippen LogP contribution in [0.25, 0.3) is 0 Å². The lowest BCUT2D eigenvalue weighted by Gasteiger charge is -2.27. The molecule has 6 nitrogen and oxygen atoms in total. The predicted octanol–water partition coefficient (Wildman–Crippen LogP) is 6.20. The lowest BCUT2D eigenvalue weighted by atomic mass is 10.2. The first kappa shape index (κ1) is 24.6. The maximum Gasteiger partial charge on any atom is 0.322 e. The van der Waals surface area contributed by atoms with Crippen LogP contribution in [0.4, 0.5) is 14.9 Å². The molecule has 33 heavy (non-hydrogen) atoms. The fourth-order valence-electron chi connectivity index (χ4n) is 3.22. The van der Waals surface area contributed by atoms with E-state index in [1.807, 2.05) is 6.92 Å². The molecule has 0 radical (unpaired) electrons. The van der Waals surface area contributed by atoms with Gasteiger partial charge >= 0.3 is 6.03 Å². The van der Waals surface area contributed by atoms with Crippen LogP contribution in [-0.2, 0) is 17.9 Å². The fourth-order valence-corrected chi connectivity index (χ4v) is 3.71. The van der Waals surface area contributed by atoms with Gasteiger partial charge in [0.25, 0.3) is 0 Å². The lowest BCUT2D eigenvalue weighted by molar-refractivity contribution is -0.133. The van der Waals surface area contributed by atoms with E-state index in [2.05, 4.69) is 5.32 Å². The van der Waals surface area contributed by atoms with Crippen molar-refractivity contribution in [3.05, 3.63) is 88.0 Å².